The first-order valence-corrected chi connectivity index (χ1v) is 10.8. The van der Waals surface area contributed by atoms with Crippen LogP contribution in [0.15, 0.2) is 30.5 Å². The summed E-state index contributed by atoms with van der Waals surface area (Å²) in [6, 6.07) is 6.47. The largest absolute Gasteiger partial charge is 0.449 e. The molecule has 3 rings (SSSR count). The molecule has 0 spiro atoms. The van der Waals surface area contributed by atoms with Gasteiger partial charge in [-0.1, -0.05) is 36.5 Å². The first kappa shape index (κ1) is 23.0. The topological polar surface area (TPSA) is 101 Å². The lowest BCUT2D eigenvalue weighted by Gasteiger charge is -2.36. The van der Waals surface area contributed by atoms with Gasteiger partial charge in [0.25, 0.3) is 5.91 Å². The second-order valence-electron chi connectivity index (χ2n) is 7.14. The number of nitrogens with zero attached hydrogens (tertiary/aromatic N) is 3. The maximum absolute atomic E-state index is 12.8. The molecule has 31 heavy (non-hydrogen) atoms. The van der Waals surface area contributed by atoms with E-state index in [1.807, 2.05) is 11.8 Å². The zero-order valence-electron chi connectivity index (χ0n) is 17.2. The minimum Gasteiger partial charge on any atom is -0.449 e. The molecule has 0 aliphatic carbocycles. The quantitative estimate of drug-likeness (QED) is 0.487. The van der Waals surface area contributed by atoms with E-state index in [4.69, 9.17) is 33.7 Å². The fourth-order valence-corrected chi connectivity index (χ4v) is 3.54. The van der Waals surface area contributed by atoms with Crippen molar-refractivity contribution < 1.29 is 14.3 Å². The smallest absolute Gasteiger partial charge is 0.409 e. The molecular weight excluding hydrogens is 441 g/mol. The van der Waals surface area contributed by atoms with E-state index in [0.717, 1.165) is 12.8 Å². The van der Waals surface area contributed by atoms with Crippen LogP contribution in [0.25, 0.3) is 0 Å². The number of halogens is 2. The Kier molecular flexibility index (Phi) is 7.81. The van der Waals surface area contributed by atoms with Crippen LogP contribution in [0.5, 0.6) is 0 Å². The first-order chi connectivity index (χ1) is 14.9. The van der Waals surface area contributed by atoms with E-state index in [2.05, 4.69) is 10.3 Å². The third-order valence-corrected chi connectivity index (χ3v) is 5.38. The number of ether oxygens (including phenoxy) is 1. The molecule has 1 aromatic heterocycles. The van der Waals surface area contributed by atoms with Crippen molar-refractivity contribution in [3.63, 3.8) is 0 Å². The summed E-state index contributed by atoms with van der Waals surface area (Å²) in [5, 5.41) is 3.55. The second kappa shape index (κ2) is 10.5. The standard InChI is InChI=1S/C21H25Cl2N5O3/c1-2-3-10-31-21(30)28-8-6-27(7-9-28)17-12-15(23)11-16(19(17)24)20(29)26-18-5-4-14(22)13-25-18/h4-5,11-13H,2-3,6-10,24H2,1H3,(H,25,26,29). The van der Waals surface area contributed by atoms with E-state index in [-0.39, 0.29) is 11.7 Å². The number of amides is 2. The monoisotopic (exact) mass is 465 g/mol. The lowest BCUT2D eigenvalue weighted by Crippen LogP contribution is -2.49. The van der Waals surface area contributed by atoms with Gasteiger partial charge in [-0.25, -0.2) is 9.78 Å². The highest BCUT2D eigenvalue weighted by Gasteiger charge is 2.25. The molecule has 1 aromatic carbocycles. The van der Waals surface area contributed by atoms with Gasteiger partial charge in [0.05, 0.1) is 28.6 Å². The summed E-state index contributed by atoms with van der Waals surface area (Å²) in [5.74, 6) is -0.0697. The first-order valence-electron chi connectivity index (χ1n) is 10.1. The average molecular weight is 466 g/mol. The van der Waals surface area contributed by atoms with E-state index < -0.39 is 5.91 Å². The van der Waals surface area contributed by atoms with Crippen LogP contribution in [0.2, 0.25) is 10.0 Å². The predicted molar refractivity (Wildman–Crippen MR) is 123 cm³/mol. The number of nitrogens with one attached hydrogen (secondary N) is 1. The van der Waals surface area contributed by atoms with Gasteiger partial charge in [-0.05, 0) is 30.7 Å². The Labute approximate surface area is 191 Å². The number of hydrogen-bond acceptors (Lipinski definition) is 6. The number of rotatable bonds is 6. The number of unbranched alkanes of at least 4 members (excludes halogenated alkanes) is 1. The lowest BCUT2D eigenvalue weighted by atomic mass is 10.1. The summed E-state index contributed by atoms with van der Waals surface area (Å²) >= 11 is 12.1. The highest BCUT2D eigenvalue weighted by atomic mass is 35.5. The fraction of sp³-hybridized carbons (Fsp3) is 0.381. The molecule has 1 aliphatic heterocycles. The van der Waals surface area contributed by atoms with Crippen LogP contribution in [-0.4, -0.2) is 54.7 Å². The Balaban J connectivity index is 1.69. The van der Waals surface area contributed by atoms with Crippen molar-refractivity contribution in [2.24, 2.45) is 0 Å². The van der Waals surface area contributed by atoms with E-state index in [1.165, 1.54) is 12.3 Å². The van der Waals surface area contributed by atoms with E-state index >= 15 is 0 Å². The number of aromatic nitrogens is 1. The van der Waals surface area contributed by atoms with Gasteiger partial charge < -0.3 is 25.6 Å². The van der Waals surface area contributed by atoms with Crippen LogP contribution in [0, 0.1) is 0 Å². The highest BCUT2D eigenvalue weighted by molar-refractivity contribution is 6.32. The predicted octanol–water partition coefficient (Wildman–Crippen LogP) is 4.28. The zero-order chi connectivity index (χ0) is 22.4. The number of carbonyl (C=O) groups is 2. The number of pyridine rings is 1. The van der Waals surface area contributed by atoms with Crippen LogP contribution >= 0.6 is 23.2 Å². The summed E-state index contributed by atoms with van der Waals surface area (Å²) in [5.41, 5.74) is 7.55. The van der Waals surface area contributed by atoms with Gasteiger partial charge in [-0.3, -0.25) is 4.79 Å². The van der Waals surface area contributed by atoms with Crippen LogP contribution in [0.3, 0.4) is 0 Å². The maximum Gasteiger partial charge on any atom is 0.409 e. The molecule has 166 valence electrons. The summed E-state index contributed by atoms with van der Waals surface area (Å²) < 4.78 is 5.28. The minimum atomic E-state index is -0.422. The minimum absolute atomic E-state index is 0.251. The SMILES string of the molecule is CCCCOC(=O)N1CCN(c2cc(Cl)cc(C(=O)Nc3ccc(Cl)cn3)c2N)CC1. The summed E-state index contributed by atoms with van der Waals surface area (Å²) in [6.07, 6.45) is 2.96. The molecule has 2 heterocycles. The van der Waals surface area contributed by atoms with Gasteiger partial charge in [0.1, 0.15) is 5.82 Å². The third kappa shape index (κ3) is 5.92. The molecule has 1 aliphatic rings. The lowest BCUT2D eigenvalue weighted by molar-refractivity contribution is 0.0989. The van der Waals surface area contributed by atoms with Crippen molar-refractivity contribution in [2.75, 3.05) is 48.7 Å². The van der Waals surface area contributed by atoms with Crippen LogP contribution < -0.4 is 16.0 Å². The van der Waals surface area contributed by atoms with Crippen molar-refractivity contribution in [2.45, 2.75) is 19.8 Å². The Morgan fingerprint density at radius 1 is 1.16 bits per heavy atom. The van der Waals surface area contributed by atoms with Gasteiger partial charge in [0.15, 0.2) is 0 Å². The molecule has 0 saturated carbocycles. The van der Waals surface area contributed by atoms with Gasteiger partial charge in [-0.2, -0.15) is 0 Å². The zero-order valence-corrected chi connectivity index (χ0v) is 18.7. The van der Waals surface area contributed by atoms with Crippen molar-refractivity contribution >= 4 is 52.4 Å². The van der Waals surface area contributed by atoms with E-state index in [0.29, 0.717) is 60.0 Å². The normalized spacial score (nSPS) is 13.8. The molecule has 8 nitrogen and oxygen atoms in total. The molecule has 1 saturated heterocycles. The molecule has 1 fully saturated rings. The second-order valence-corrected chi connectivity index (χ2v) is 8.02. The molecule has 0 bridgehead atoms. The molecule has 3 N–H and O–H groups in total. The maximum atomic E-state index is 12.8. The molecule has 2 amide bonds. The number of anilines is 3. The summed E-state index contributed by atoms with van der Waals surface area (Å²) in [6.45, 7) is 4.56. The highest BCUT2D eigenvalue weighted by Crippen LogP contribution is 2.32. The van der Waals surface area contributed by atoms with Gasteiger partial charge in [0.2, 0.25) is 0 Å². The number of hydrogen-bond donors (Lipinski definition) is 2. The number of nitrogens with two attached hydrogens (primary N) is 1. The fourth-order valence-electron chi connectivity index (χ4n) is 3.21. The molecule has 0 radical (unpaired) electrons. The Morgan fingerprint density at radius 3 is 2.55 bits per heavy atom. The van der Waals surface area contributed by atoms with Gasteiger partial charge >= 0.3 is 6.09 Å². The number of nitrogen functional groups attached to an aromatic ring is 1. The number of benzene rings is 1. The Hall–Kier alpha value is -2.71. The Morgan fingerprint density at radius 2 is 1.90 bits per heavy atom. The van der Waals surface area contributed by atoms with E-state index in [9.17, 15) is 9.59 Å². The molecule has 0 unspecified atom stereocenters. The summed E-state index contributed by atoms with van der Waals surface area (Å²) in [7, 11) is 0. The molecule has 2 aromatic rings. The average Bonchev–Trinajstić information content (AvgIpc) is 2.77. The van der Waals surface area contributed by atoms with Crippen LogP contribution in [0.4, 0.5) is 22.0 Å². The van der Waals surface area contributed by atoms with Crippen molar-refractivity contribution in [1.82, 2.24) is 9.88 Å². The molecular formula is C21H25Cl2N5O3. The number of piperazine rings is 1. The van der Waals surface area contributed by atoms with Crippen molar-refractivity contribution in [3.8, 4) is 0 Å². The van der Waals surface area contributed by atoms with E-state index in [1.54, 1.807) is 23.1 Å². The number of carbonyl (C=O) groups excluding carboxylic acids is 2. The van der Waals surface area contributed by atoms with Crippen molar-refractivity contribution in [3.05, 3.63) is 46.1 Å². The van der Waals surface area contributed by atoms with Gasteiger partial charge in [0, 0.05) is 37.4 Å². The summed E-state index contributed by atoms with van der Waals surface area (Å²) in [4.78, 5) is 32.7. The third-order valence-electron chi connectivity index (χ3n) is 4.94. The van der Waals surface area contributed by atoms with Crippen LogP contribution in [0.1, 0.15) is 30.1 Å². The molecule has 10 heteroatoms. The Bertz CT molecular complexity index is 931. The van der Waals surface area contributed by atoms with Crippen LogP contribution in [-0.2, 0) is 4.74 Å². The van der Waals surface area contributed by atoms with Gasteiger partial charge in [-0.15, -0.1) is 0 Å². The van der Waals surface area contributed by atoms with Crippen molar-refractivity contribution in [1.29, 1.82) is 0 Å². The molecule has 0 atom stereocenters.